The van der Waals surface area contributed by atoms with Gasteiger partial charge in [-0.3, -0.25) is 0 Å². The molecular weight excluding hydrogens is 278 g/mol. The molecule has 2 aromatic rings. The zero-order valence-electron chi connectivity index (χ0n) is 11.7. The minimum absolute atomic E-state index is 0.575. The van der Waals surface area contributed by atoms with Crippen LogP contribution in [-0.2, 0) is 0 Å². The first kappa shape index (κ1) is 14.2. The first-order valence-electron chi connectivity index (χ1n) is 6.02. The van der Waals surface area contributed by atoms with E-state index in [4.69, 9.17) is 5.73 Å². The van der Waals surface area contributed by atoms with E-state index in [2.05, 4.69) is 40.3 Å². The molecule has 0 aliphatic rings. The Balaban J connectivity index is 2.27. The van der Waals surface area contributed by atoms with Gasteiger partial charge in [-0.05, 0) is 32.6 Å². The van der Waals surface area contributed by atoms with Gasteiger partial charge in [0.25, 0.3) is 0 Å². The van der Waals surface area contributed by atoms with Crippen molar-refractivity contribution in [3.05, 3.63) is 11.1 Å². The topological polar surface area (TPSA) is 58.3 Å². The molecule has 0 unspecified atom stereocenters. The van der Waals surface area contributed by atoms with E-state index in [1.165, 1.54) is 11.5 Å². The second-order valence-electron chi connectivity index (χ2n) is 4.77. The fourth-order valence-electron chi connectivity index (χ4n) is 1.68. The quantitative estimate of drug-likeness (QED) is 0.916. The summed E-state index contributed by atoms with van der Waals surface area (Å²) in [5, 5.41) is 4.08. The van der Waals surface area contributed by atoms with Crippen molar-refractivity contribution >= 4 is 33.7 Å². The standard InChI is InChI=1S/C12H19N5S2/c1-8-7-18-11(14-8)9-10(13)15-19-12(9)17(4)6-5-16(2)3/h7H,5-6H2,1-4H3,(H2,13,15). The Hall–Kier alpha value is -1.18. The molecule has 0 amide bonds. The van der Waals surface area contributed by atoms with Crippen LogP contribution in [0, 0.1) is 6.92 Å². The van der Waals surface area contributed by atoms with Crippen LogP contribution in [0.15, 0.2) is 5.38 Å². The highest BCUT2D eigenvalue weighted by Gasteiger charge is 2.19. The molecule has 0 bridgehead atoms. The number of aromatic nitrogens is 2. The lowest BCUT2D eigenvalue weighted by Crippen LogP contribution is -2.28. The Morgan fingerprint density at radius 1 is 1.26 bits per heavy atom. The Morgan fingerprint density at radius 2 is 2.00 bits per heavy atom. The monoisotopic (exact) mass is 297 g/mol. The minimum Gasteiger partial charge on any atom is -0.382 e. The van der Waals surface area contributed by atoms with E-state index in [9.17, 15) is 0 Å². The summed E-state index contributed by atoms with van der Waals surface area (Å²) in [6, 6.07) is 0. The van der Waals surface area contributed by atoms with Gasteiger partial charge in [0, 0.05) is 31.2 Å². The molecule has 2 rings (SSSR count). The van der Waals surface area contributed by atoms with Crippen LogP contribution in [0.1, 0.15) is 5.69 Å². The molecule has 19 heavy (non-hydrogen) atoms. The number of thiazole rings is 1. The van der Waals surface area contributed by atoms with Gasteiger partial charge in [0.1, 0.15) is 15.8 Å². The van der Waals surface area contributed by atoms with Crippen LogP contribution >= 0.6 is 22.9 Å². The van der Waals surface area contributed by atoms with Crippen molar-refractivity contribution in [2.45, 2.75) is 6.92 Å². The zero-order valence-corrected chi connectivity index (χ0v) is 13.3. The first-order valence-corrected chi connectivity index (χ1v) is 7.68. The lowest BCUT2D eigenvalue weighted by Gasteiger charge is -2.20. The summed E-state index contributed by atoms with van der Waals surface area (Å²) in [7, 11) is 6.21. The van der Waals surface area contributed by atoms with Gasteiger partial charge >= 0.3 is 0 Å². The fraction of sp³-hybridized carbons (Fsp3) is 0.500. The summed E-state index contributed by atoms with van der Waals surface area (Å²) in [6.07, 6.45) is 0. The maximum atomic E-state index is 6.01. The lowest BCUT2D eigenvalue weighted by molar-refractivity contribution is 0.417. The molecule has 0 aromatic carbocycles. The number of likely N-dealkylation sites (N-methyl/N-ethyl adjacent to an activating group) is 2. The molecular formula is C12H19N5S2. The highest BCUT2D eigenvalue weighted by Crippen LogP contribution is 2.39. The largest absolute Gasteiger partial charge is 0.382 e. The maximum Gasteiger partial charge on any atom is 0.149 e. The number of nitrogens with two attached hydrogens (primary N) is 1. The Bertz CT molecular complexity index is 546. The highest BCUT2D eigenvalue weighted by molar-refractivity contribution is 7.15. The Labute approximate surface area is 121 Å². The van der Waals surface area contributed by atoms with Gasteiger partial charge in [-0.25, -0.2) is 4.98 Å². The molecule has 104 valence electrons. The first-order chi connectivity index (χ1) is 8.99. The Kier molecular flexibility index (Phi) is 4.38. The minimum atomic E-state index is 0.575. The van der Waals surface area contributed by atoms with Gasteiger partial charge in [0.2, 0.25) is 0 Å². The summed E-state index contributed by atoms with van der Waals surface area (Å²) < 4.78 is 4.28. The number of hydrogen-bond acceptors (Lipinski definition) is 7. The van der Waals surface area contributed by atoms with E-state index >= 15 is 0 Å². The smallest absolute Gasteiger partial charge is 0.149 e. The molecule has 2 aromatic heterocycles. The van der Waals surface area contributed by atoms with Crippen molar-refractivity contribution in [2.24, 2.45) is 0 Å². The van der Waals surface area contributed by atoms with E-state index in [0.717, 1.165) is 34.4 Å². The molecule has 7 heteroatoms. The molecule has 0 spiro atoms. The maximum absolute atomic E-state index is 6.01. The van der Waals surface area contributed by atoms with Gasteiger partial charge < -0.3 is 15.5 Å². The van der Waals surface area contributed by atoms with E-state index in [-0.39, 0.29) is 0 Å². The number of nitrogens with zero attached hydrogens (tertiary/aromatic N) is 4. The number of rotatable bonds is 5. The van der Waals surface area contributed by atoms with Crippen molar-refractivity contribution in [1.82, 2.24) is 14.3 Å². The third-order valence-corrected chi connectivity index (χ3v) is 4.72. The van der Waals surface area contributed by atoms with Crippen molar-refractivity contribution in [3.63, 3.8) is 0 Å². The van der Waals surface area contributed by atoms with Crippen LogP contribution in [0.5, 0.6) is 0 Å². The van der Waals surface area contributed by atoms with Gasteiger partial charge in [0.05, 0.1) is 5.56 Å². The second-order valence-corrected chi connectivity index (χ2v) is 6.38. The van der Waals surface area contributed by atoms with E-state index in [1.807, 2.05) is 12.3 Å². The van der Waals surface area contributed by atoms with Crippen LogP contribution in [0.4, 0.5) is 10.8 Å². The van der Waals surface area contributed by atoms with Crippen LogP contribution in [-0.4, -0.2) is 48.5 Å². The number of aryl methyl sites for hydroxylation is 1. The predicted octanol–water partition coefficient (Wildman–Crippen LogP) is 2.16. The molecule has 2 heterocycles. The summed E-state index contributed by atoms with van der Waals surface area (Å²) >= 11 is 3.05. The van der Waals surface area contributed by atoms with Crippen LogP contribution in [0.2, 0.25) is 0 Å². The fourth-order valence-corrected chi connectivity index (χ4v) is 3.39. The van der Waals surface area contributed by atoms with Crippen LogP contribution in [0.25, 0.3) is 10.6 Å². The molecule has 0 aliphatic carbocycles. The van der Waals surface area contributed by atoms with Crippen molar-refractivity contribution in [3.8, 4) is 10.6 Å². The number of hydrogen-bond donors (Lipinski definition) is 1. The SMILES string of the molecule is Cc1csc(-c2c(N)nsc2N(C)CCN(C)C)n1. The molecule has 0 radical (unpaired) electrons. The summed E-state index contributed by atoms with van der Waals surface area (Å²) in [4.78, 5) is 8.88. The number of anilines is 2. The van der Waals surface area contributed by atoms with E-state index in [1.54, 1.807) is 11.3 Å². The molecule has 0 atom stereocenters. The predicted molar refractivity (Wildman–Crippen MR) is 84.2 cm³/mol. The molecule has 0 aliphatic heterocycles. The summed E-state index contributed by atoms with van der Waals surface area (Å²) in [6.45, 7) is 3.92. The van der Waals surface area contributed by atoms with E-state index in [0.29, 0.717) is 5.82 Å². The molecule has 5 nitrogen and oxygen atoms in total. The highest BCUT2D eigenvalue weighted by atomic mass is 32.1. The molecule has 0 fully saturated rings. The van der Waals surface area contributed by atoms with Crippen molar-refractivity contribution < 1.29 is 0 Å². The number of nitrogen functional groups attached to an aromatic ring is 1. The van der Waals surface area contributed by atoms with Gasteiger partial charge in [-0.15, -0.1) is 11.3 Å². The van der Waals surface area contributed by atoms with Gasteiger partial charge in [-0.2, -0.15) is 4.37 Å². The average Bonchev–Trinajstić information content (AvgIpc) is 2.92. The molecule has 2 N–H and O–H groups in total. The van der Waals surface area contributed by atoms with Gasteiger partial charge in [0.15, 0.2) is 0 Å². The van der Waals surface area contributed by atoms with E-state index < -0.39 is 0 Å². The normalized spacial score (nSPS) is 11.2. The Morgan fingerprint density at radius 3 is 2.58 bits per heavy atom. The van der Waals surface area contributed by atoms with Gasteiger partial charge in [-0.1, -0.05) is 0 Å². The van der Waals surface area contributed by atoms with Crippen molar-refractivity contribution in [2.75, 3.05) is 44.9 Å². The lowest BCUT2D eigenvalue weighted by atomic mass is 10.3. The third-order valence-electron chi connectivity index (χ3n) is 2.76. The molecule has 0 saturated heterocycles. The van der Waals surface area contributed by atoms with Crippen molar-refractivity contribution in [1.29, 1.82) is 0 Å². The summed E-state index contributed by atoms with van der Waals surface area (Å²) in [5.41, 5.74) is 8.00. The van der Waals surface area contributed by atoms with Crippen LogP contribution in [0.3, 0.4) is 0 Å². The second kappa shape index (κ2) is 5.85. The zero-order chi connectivity index (χ0) is 14.0. The average molecular weight is 297 g/mol. The summed E-state index contributed by atoms with van der Waals surface area (Å²) in [5.74, 6) is 0.575. The third kappa shape index (κ3) is 3.23. The molecule has 0 saturated carbocycles. The van der Waals surface area contributed by atoms with Crippen LogP contribution < -0.4 is 10.6 Å².